The predicted molar refractivity (Wildman–Crippen MR) is 125 cm³/mol. The lowest BCUT2D eigenvalue weighted by molar-refractivity contribution is 0.104. The van der Waals surface area contributed by atoms with Crippen LogP contribution in [0.25, 0.3) is 11.1 Å². The van der Waals surface area contributed by atoms with E-state index in [2.05, 4.69) is 19.4 Å². The standard InChI is InChI=1S/C23H16N4O5S2/c28-23-21-13-17(33(29,30)26-15-5-9-24-10-6-15)1-3-19(21)20-4-2-18(14-22(20)23)34(31,32)27-16-7-11-25-12-8-16/h1-14H,(H,24,26)(H,25,27). The van der Waals surface area contributed by atoms with Crippen molar-refractivity contribution in [3.05, 3.63) is 96.6 Å². The van der Waals surface area contributed by atoms with Crippen molar-refractivity contribution in [3.63, 3.8) is 0 Å². The van der Waals surface area contributed by atoms with Crippen molar-refractivity contribution in [1.29, 1.82) is 0 Å². The van der Waals surface area contributed by atoms with E-state index < -0.39 is 25.8 Å². The Hall–Kier alpha value is -4.09. The van der Waals surface area contributed by atoms with Crippen molar-refractivity contribution in [1.82, 2.24) is 9.97 Å². The molecule has 0 saturated heterocycles. The normalized spacial score (nSPS) is 12.6. The fraction of sp³-hybridized carbons (Fsp3) is 0. The Balaban J connectivity index is 1.48. The zero-order chi connectivity index (χ0) is 23.9. The molecule has 11 heteroatoms. The van der Waals surface area contributed by atoms with E-state index in [0.717, 1.165) is 0 Å². The van der Waals surface area contributed by atoms with Crippen LogP contribution in [0.2, 0.25) is 0 Å². The van der Waals surface area contributed by atoms with E-state index in [0.29, 0.717) is 22.5 Å². The van der Waals surface area contributed by atoms with E-state index >= 15 is 0 Å². The van der Waals surface area contributed by atoms with Crippen LogP contribution in [0.4, 0.5) is 11.4 Å². The number of nitrogens with one attached hydrogen (secondary N) is 2. The Morgan fingerprint density at radius 2 is 0.912 bits per heavy atom. The third-order valence-electron chi connectivity index (χ3n) is 5.25. The summed E-state index contributed by atoms with van der Waals surface area (Å²) < 4.78 is 56.1. The Kier molecular flexibility index (Phi) is 5.14. The third kappa shape index (κ3) is 3.91. The van der Waals surface area contributed by atoms with Gasteiger partial charge in [-0.1, -0.05) is 12.1 Å². The molecule has 1 aliphatic rings. The average molecular weight is 493 g/mol. The quantitative estimate of drug-likeness (QED) is 0.371. The van der Waals surface area contributed by atoms with Crippen LogP contribution in [0.15, 0.2) is 95.2 Å². The monoisotopic (exact) mass is 492 g/mol. The van der Waals surface area contributed by atoms with Crippen molar-refractivity contribution in [2.24, 2.45) is 0 Å². The van der Waals surface area contributed by atoms with Gasteiger partial charge in [-0.25, -0.2) is 16.8 Å². The van der Waals surface area contributed by atoms with Gasteiger partial charge in [-0.2, -0.15) is 0 Å². The molecule has 0 fully saturated rings. The molecule has 34 heavy (non-hydrogen) atoms. The lowest BCUT2D eigenvalue weighted by Crippen LogP contribution is -2.14. The minimum Gasteiger partial charge on any atom is -0.289 e. The maximum atomic E-state index is 13.1. The number of anilines is 2. The third-order valence-corrected chi connectivity index (χ3v) is 8.01. The molecule has 170 valence electrons. The van der Waals surface area contributed by atoms with Crippen molar-refractivity contribution < 1.29 is 21.6 Å². The first-order valence-corrected chi connectivity index (χ1v) is 12.9. The molecule has 0 bridgehead atoms. The van der Waals surface area contributed by atoms with Crippen molar-refractivity contribution in [2.45, 2.75) is 9.79 Å². The molecule has 4 aromatic rings. The zero-order valence-electron chi connectivity index (χ0n) is 17.3. The highest BCUT2D eigenvalue weighted by Gasteiger charge is 2.30. The van der Waals surface area contributed by atoms with E-state index in [9.17, 15) is 21.6 Å². The molecule has 2 heterocycles. The number of benzene rings is 2. The summed E-state index contributed by atoms with van der Waals surface area (Å²) in [5.41, 5.74) is 2.11. The van der Waals surface area contributed by atoms with Crippen LogP contribution in [0.5, 0.6) is 0 Å². The van der Waals surface area contributed by atoms with E-state index in [1.54, 1.807) is 12.1 Å². The molecule has 0 aliphatic heterocycles. The predicted octanol–water partition coefficient (Wildman–Crippen LogP) is 3.29. The summed E-state index contributed by atoms with van der Waals surface area (Å²) in [6.45, 7) is 0. The maximum absolute atomic E-state index is 13.1. The Morgan fingerprint density at radius 3 is 1.29 bits per heavy atom. The molecule has 0 amide bonds. The van der Waals surface area contributed by atoms with Crippen LogP contribution in [-0.4, -0.2) is 32.6 Å². The van der Waals surface area contributed by atoms with Crippen LogP contribution in [0.3, 0.4) is 0 Å². The van der Waals surface area contributed by atoms with Crippen LogP contribution >= 0.6 is 0 Å². The molecular weight excluding hydrogens is 476 g/mol. The fourth-order valence-electron chi connectivity index (χ4n) is 3.64. The highest BCUT2D eigenvalue weighted by molar-refractivity contribution is 7.93. The van der Waals surface area contributed by atoms with Crippen molar-refractivity contribution in [2.75, 3.05) is 9.44 Å². The number of nitrogens with zero attached hydrogens (tertiary/aromatic N) is 2. The van der Waals surface area contributed by atoms with Crippen LogP contribution < -0.4 is 9.44 Å². The second kappa shape index (κ2) is 8.04. The maximum Gasteiger partial charge on any atom is 0.261 e. The SMILES string of the molecule is O=C1c2cc(S(=O)(=O)Nc3ccncc3)ccc2-c2ccc(S(=O)(=O)Nc3ccncc3)cc21. The topological polar surface area (TPSA) is 135 Å². The molecular formula is C23H16N4O5S2. The van der Waals surface area contributed by atoms with Crippen molar-refractivity contribution >= 4 is 37.2 Å². The number of aromatic nitrogens is 2. The molecule has 5 rings (SSSR count). The molecule has 2 N–H and O–H groups in total. The Bertz CT molecular complexity index is 1520. The van der Waals surface area contributed by atoms with Gasteiger partial charge in [0.05, 0.1) is 21.2 Å². The van der Waals surface area contributed by atoms with Gasteiger partial charge >= 0.3 is 0 Å². The molecule has 0 unspecified atom stereocenters. The largest absolute Gasteiger partial charge is 0.289 e. The summed E-state index contributed by atoms with van der Waals surface area (Å²) in [7, 11) is -7.91. The number of sulfonamides is 2. The summed E-state index contributed by atoms with van der Waals surface area (Å²) >= 11 is 0. The smallest absolute Gasteiger partial charge is 0.261 e. The van der Waals surface area contributed by atoms with E-state index in [1.807, 2.05) is 0 Å². The van der Waals surface area contributed by atoms with Gasteiger partial charge in [0.2, 0.25) is 0 Å². The Labute approximate surface area is 195 Å². The summed E-state index contributed by atoms with van der Waals surface area (Å²) in [6, 6.07) is 14.5. The molecule has 0 atom stereocenters. The van der Waals surface area contributed by atoms with E-state index in [-0.39, 0.29) is 20.9 Å². The molecule has 1 aliphatic carbocycles. The molecule has 9 nitrogen and oxygen atoms in total. The van der Waals surface area contributed by atoms with Gasteiger partial charge in [0.1, 0.15) is 0 Å². The van der Waals surface area contributed by atoms with Gasteiger partial charge in [0.25, 0.3) is 20.0 Å². The minimum absolute atomic E-state index is 0.0867. The second-order valence-electron chi connectivity index (χ2n) is 7.43. The minimum atomic E-state index is -3.95. The van der Waals surface area contributed by atoms with E-state index in [4.69, 9.17) is 0 Å². The van der Waals surface area contributed by atoms with Crippen LogP contribution in [0.1, 0.15) is 15.9 Å². The lowest BCUT2D eigenvalue weighted by atomic mass is 10.1. The first kappa shape index (κ1) is 21.7. The number of hydrogen-bond donors (Lipinski definition) is 2. The number of fused-ring (bicyclic) bond motifs is 3. The highest BCUT2D eigenvalue weighted by Crippen LogP contribution is 2.39. The molecule has 0 spiro atoms. The Morgan fingerprint density at radius 1 is 0.529 bits per heavy atom. The zero-order valence-corrected chi connectivity index (χ0v) is 19.0. The first-order chi connectivity index (χ1) is 16.2. The van der Waals surface area contributed by atoms with Gasteiger partial charge in [-0.15, -0.1) is 0 Å². The fourth-order valence-corrected chi connectivity index (χ4v) is 5.81. The van der Waals surface area contributed by atoms with Gasteiger partial charge < -0.3 is 0 Å². The van der Waals surface area contributed by atoms with Gasteiger partial charge in [0, 0.05) is 35.9 Å². The molecule has 0 radical (unpaired) electrons. The summed E-state index contributed by atoms with van der Waals surface area (Å²) in [4.78, 5) is 20.6. The van der Waals surface area contributed by atoms with Gasteiger partial charge in [-0.05, 0) is 59.7 Å². The molecule has 0 saturated carbocycles. The number of hydrogen-bond acceptors (Lipinski definition) is 7. The molecule has 2 aromatic carbocycles. The lowest BCUT2D eigenvalue weighted by Gasteiger charge is -2.09. The number of ketones is 1. The van der Waals surface area contributed by atoms with Crippen LogP contribution in [-0.2, 0) is 20.0 Å². The summed E-state index contributed by atoms with van der Waals surface area (Å²) in [6.07, 6.45) is 5.82. The summed E-state index contributed by atoms with van der Waals surface area (Å²) in [5, 5.41) is 0. The van der Waals surface area contributed by atoms with Crippen LogP contribution in [0, 0.1) is 0 Å². The number of rotatable bonds is 6. The molecule has 2 aromatic heterocycles. The second-order valence-corrected chi connectivity index (χ2v) is 10.8. The van der Waals surface area contributed by atoms with E-state index in [1.165, 1.54) is 73.3 Å². The van der Waals surface area contributed by atoms with Gasteiger partial charge in [-0.3, -0.25) is 24.2 Å². The van der Waals surface area contributed by atoms with Crippen molar-refractivity contribution in [3.8, 4) is 11.1 Å². The first-order valence-electron chi connectivity index (χ1n) is 9.93. The number of carbonyl (C=O) groups is 1. The number of pyridine rings is 2. The summed E-state index contributed by atoms with van der Waals surface area (Å²) in [5.74, 6) is -0.452. The highest BCUT2D eigenvalue weighted by atomic mass is 32.2. The average Bonchev–Trinajstić information content (AvgIpc) is 3.11. The number of carbonyl (C=O) groups excluding carboxylic acids is 1. The van der Waals surface area contributed by atoms with Gasteiger partial charge in [0.15, 0.2) is 5.78 Å².